The summed E-state index contributed by atoms with van der Waals surface area (Å²) in [6.45, 7) is 14.9. The summed E-state index contributed by atoms with van der Waals surface area (Å²) in [6, 6.07) is 7.08. The van der Waals surface area contributed by atoms with Crippen molar-refractivity contribution in [2.45, 2.75) is 105 Å². The van der Waals surface area contributed by atoms with Gasteiger partial charge in [-0.15, -0.1) is 0 Å². The van der Waals surface area contributed by atoms with E-state index in [0.717, 1.165) is 56.9 Å². The molecule has 1 aromatic rings. The van der Waals surface area contributed by atoms with Crippen molar-refractivity contribution < 1.29 is 43.8 Å². The number of carbonyl (C=O) groups is 3. The lowest BCUT2D eigenvalue weighted by atomic mass is 9.84. The minimum absolute atomic E-state index is 0.148. The fraction of sp³-hybridized carbons (Fsp3) is 0.690. The second-order valence-electron chi connectivity index (χ2n) is 10.3. The minimum atomic E-state index is -1.01. The first-order valence-corrected chi connectivity index (χ1v) is 13.7. The first-order valence-electron chi connectivity index (χ1n) is 13.7. The Morgan fingerprint density at radius 3 is 1.61 bits per heavy atom. The van der Waals surface area contributed by atoms with Gasteiger partial charge in [-0.2, -0.15) is 24.6 Å². The first-order chi connectivity index (χ1) is 18.0. The zero-order valence-electron chi connectivity index (χ0n) is 24.2. The van der Waals surface area contributed by atoms with Crippen LogP contribution in [0, 0.1) is 11.8 Å². The van der Waals surface area contributed by atoms with Crippen LogP contribution in [0.1, 0.15) is 116 Å². The third-order valence-corrected chi connectivity index (χ3v) is 6.18. The van der Waals surface area contributed by atoms with Crippen molar-refractivity contribution in [1.29, 1.82) is 0 Å². The molecule has 0 aliphatic carbocycles. The molecule has 1 rings (SSSR count). The Labute approximate surface area is 228 Å². The van der Waals surface area contributed by atoms with Gasteiger partial charge in [-0.3, -0.25) is 4.89 Å². The molecule has 0 heterocycles. The number of hydrogen-bond donors (Lipinski definition) is 1. The van der Waals surface area contributed by atoms with Crippen LogP contribution in [0.15, 0.2) is 24.3 Å². The van der Waals surface area contributed by atoms with Crippen LogP contribution in [-0.2, 0) is 29.6 Å². The quantitative estimate of drug-likeness (QED) is 0.114. The summed E-state index contributed by atoms with van der Waals surface area (Å²) in [7, 11) is 0. The number of carbonyl (C=O) groups excluding carboxylic acids is 3. The van der Waals surface area contributed by atoms with Gasteiger partial charge >= 0.3 is 18.3 Å². The second kappa shape index (κ2) is 20.2. The lowest BCUT2D eigenvalue weighted by Crippen LogP contribution is -2.19. The Morgan fingerprint density at radius 2 is 1.24 bits per heavy atom. The molecule has 1 aromatic carbocycles. The van der Waals surface area contributed by atoms with E-state index >= 15 is 0 Å². The van der Waals surface area contributed by atoms with E-state index in [9.17, 15) is 14.4 Å². The highest BCUT2D eigenvalue weighted by atomic mass is 17.3. The molecular formula is C29H48O9. The summed E-state index contributed by atoms with van der Waals surface area (Å²) in [5, 5.41) is 8.33. The van der Waals surface area contributed by atoms with Crippen molar-refractivity contribution in [3.63, 3.8) is 0 Å². The van der Waals surface area contributed by atoms with E-state index < -0.39 is 18.3 Å². The predicted octanol–water partition coefficient (Wildman–Crippen LogP) is 8.25. The van der Waals surface area contributed by atoms with E-state index in [1.807, 2.05) is 46.8 Å². The summed E-state index contributed by atoms with van der Waals surface area (Å²) < 4.78 is 9.90. The third-order valence-electron chi connectivity index (χ3n) is 6.18. The summed E-state index contributed by atoms with van der Waals surface area (Å²) in [4.78, 5) is 46.4. The largest absolute Gasteiger partial charge is 0.550 e. The normalized spacial score (nSPS) is 12.3. The standard InChI is InChI=1S/C18H34O6.C11H14O3/c1-5-9-11-15(7-3)13-21-17(19)23-24-18(20)22-14-16(8-4)12-10-6-2;1-11(2,3)9-7-5-4-6-8(9)10(12)14-13/h15-16H,5-14H2,1-4H3;4-7,13H,1-3H3. The van der Waals surface area contributed by atoms with Crippen LogP contribution in [-0.4, -0.2) is 36.8 Å². The summed E-state index contributed by atoms with van der Waals surface area (Å²) in [5.74, 6) is -0.114. The molecule has 0 spiro atoms. The highest BCUT2D eigenvalue weighted by Gasteiger charge is 2.22. The predicted molar refractivity (Wildman–Crippen MR) is 145 cm³/mol. The van der Waals surface area contributed by atoms with Gasteiger partial charge in [0, 0.05) is 0 Å². The first kappa shape index (κ1) is 35.2. The SMILES string of the molecule is CC(C)(C)c1ccccc1C(=O)OO.CCCCC(CC)COC(=O)OOC(=O)OCC(CC)CCCC. The van der Waals surface area contributed by atoms with E-state index in [4.69, 9.17) is 14.7 Å². The maximum atomic E-state index is 11.4. The van der Waals surface area contributed by atoms with Gasteiger partial charge in [-0.1, -0.05) is 105 Å². The lowest BCUT2D eigenvalue weighted by Gasteiger charge is -2.21. The molecule has 0 saturated heterocycles. The van der Waals surface area contributed by atoms with Crippen LogP contribution in [0.3, 0.4) is 0 Å². The van der Waals surface area contributed by atoms with E-state index in [0.29, 0.717) is 17.4 Å². The topological polar surface area (TPSA) is 118 Å². The van der Waals surface area contributed by atoms with Crippen molar-refractivity contribution in [2.75, 3.05) is 13.2 Å². The molecule has 0 aliphatic heterocycles. The molecule has 0 fully saturated rings. The third kappa shape index (κ3) is 15.4. The number of unbranched alkanes of at least 4 members (excludes halogenated alkanes) is 2. The molecule has 0 aliphatic rings. The van der Waals surface area contributed by atoms with Gasteiger partial charge in [-0.05, 0) is 41.7 Å². The molecule has 38 heavy (non-hydrogen) atoms. The molecule has 0 radical (unpaired) electrons. The van der Waals surface area contributed by atoms with Gasteiger partial charge < -0.3 is 9.47 Å². The zero-order chi connectivity index (χ0) is 29.0. The smallest absolute Gasteiger partial charge is 0.431 e. The van der Waals surface area contributed by atoms with E-state index in [2.05, 4.69) is 28.5 Å². The second-order valence-corrected chi connectivity index (χ2v) is 10.3. The highest BCUT2D eigenvalue weighted by molar-refractivity contribution is 5.91. The molecule has 2 atom stereocenters. The lowest BCUT2D eigenvalue weighted by molar-refractivity contribution is -0.219. The average molecular weight is 541 g/mol. The van der Waals surface area contributed by atoms with Gasteiger partial charge in [0.05, 0.1) is 18.8 Å². The fourth-order valence-corrected chi connectivity index (χ4v) is 3.65. The van der Waals surface area contributed by atoms with Crippen molar-refractivity contribution in [3.05, 3.63) is 35.4 Å². The molecule has 0 amide bonds. The van der Waals surface area contributed by atoms with Gasteiger partial charge in [-0.25, -0.2) is 4.79 Å². The summed E-state index contributed by atoms with van der Waals surface area (Å²) in [6.07, 6.45) is 6.21. The Hall–Kier alpha value is -2.81. The van der Waals surface area contributed by atoms with Crippen LogP contribution in [0.4, 0.5) is 9.59 Å². The van der Waals surface area contributed by atoms with Crippen LogP contribution < -0.4 is 0 Å². The van der Waals surface area contributed by atoms with Gasteiger partial charge in [0.2, 0.25) is 0 Å². The number of ether oxygens (including phenoxy) is 2. The minimum Gasteiger partial charge on any atom is -0.431 e. The maximum absolute atomic E-state index is 11.4. The fourth-order valence-electron chi connectivity index (χ4n) is 3.65. The number of hydrogen-bond acceptors (Lipinski definition) is 9. The molecule has 9 heteroatoms. The molecule has 0 aromatic heterocycles. The number of benzene rings is 1. The van der Waals surface area contributed by atoms with Gasteiger partial charge in [0.15, 0.2) is 0 Å². The highest BCUT2D eigenvalue weighted by Crippen LogP contribution is 2.26. The Bertz CT molecular complexity index is 769. The molecule has 2 unspecified atom stereocenters. The average Bonchev–Trinajstić information content (AvgIpc) is 2.91. The summed E-state index contributed by atoms with van der Waals surface area (Å²) >= 11 is 0. The Kier molecular flexibility index (Phi) is 18.7. The van der Waals surface area contributed by atoms with Crippen LogP contribution in [0.25, 0.3) is 0 Å². The van der Waals surface area contributed by atoms with Crippen molar-refractivity contribution >= 4 is 18.3 Å². The molecule has 0 bridgehead atoms. The molecule has 9 nitrogen and oxygen atoms in total. The van der Waals surface area contributed by atoms with Gasteiger partial charge in [0.1, 0.15) is 0 Å². The van der Waals surface area contributed by atoms with E-state index in [1.54, 1.807) is 12.1 Å². The number of rotatable bonds is 13. The molecular weight excluding hydrogens is 492 g/mol. The molecule has 218 valence electrons. The van der Waals surface area contributed by atoms with Crippen molar-refractivity contribution in [3.8, 4) is 0 Å². The van der Waals surface area contributed by atoms with Crippen LogP contribution in [0.5, 0.6) is 0 Å². The van der Waals surface area contributed by atoms with E-state index in [1.165, 1.54) is 0 Å². The molecule has 0 saturated carbocycles. The van der Waals surface area contributed by atoms with Crippen molar-refractivity contribution in [1.82, 2.24) is 0 Å². The van der Waals surface area contributed by atoms with Crippen LogP contribution >= 0.6 is 0 Å². The summed E-state index contributed by atoms with van der Waals surface area (Å²) in [5.41, 5.74) is 1.12. The van der Waals surface area contributed by atoms with Crippen molar-refractivity contribution in [2.24, 2.45) is 11.8 Å². The Balaban J connectivity index is 0.000000824. The Morgan fingerprint density at radius 1 is 0.789 bits per heavy atom. The van der Waals surface area contributed by atoms with E-state index in [-0.39, 0.29) is 18.6 Å². The van der Waals surface area contributed by atoms with Crippen LogP contribution in [0.2, 0.25) is 0 Å². The van der Waals surface area contributed by atoms with Gasteiger partial charge in [0.25, 0.3) is 0 Å². The molecule has 1 N–H and O–H groups in total. The monoisotopic (exact) mass is 540 g/mol. The maximum Gasteiger partial charge on any atom is 0.550 e. The zero-order valence-corrected chi connectivity index (χ0v) is 24.2.